The van der Waals surface area contributed by atoms with Crippen molar-refractivity contribution in [3.63, 3.8) is 0 Å². The van der Waals surface area contributed by atoms with E-state index in [1.165, 1.54) is 28.1 Å². The van der Waals surface area contributed by atoms with Crippen LogP contribution < -0.4 is 0 Å². The van der Waals surface area contributed by atoms with Crippen LogP contribution in [0.2, 0.25) is 0 Å². The lowest BCUT2D eigenvalue weighted by molar-refractivity contribution is -0.198. The number of ketones is 2. The third-order valence-corrected chi connectivity index (χ3v) is 1.51. The van der Waals surface area contributed by atoms with Gasteiger partial charge in [-0.25, -0.2) is 0 Å². The predicted molar refractivity (Wildman–Crippen MR) is 38.1 cm³/mol. The topological polar surface area (TPSA) is 52.6 Å². The van der Waals surface area contributed by atoms with Crippen molar-refractivity contribution in [2.45, 2.75) is 19.6 Å². The van der Waals surface area contributed by atoms with E-state index in [1.54, 1.807) is 0 Å². The van der Waals surface area contributed by atoms with Crippen LogP contribution in [0.3, 0.4) is 0 Å². The molecule has 4 heteroatoms. The van der Waals surface area contributed by atoms with Crippen molar-refractivity contribution in [3.05, 3.63) is 0 Å². The van der Waals surface area contributed by atoms with E-state index in [9.17, 15) is 9.59 Å². The van der Waals surface area contributed by atoms with Gasteiger partial charge in [-0.3, -0.25) is 9.59 Å². The molecule has 0 N–H and O–H groups in total. The second-order valence-corrected chi connectivity index (χ2v) is 2.24. The third-order valence-electron chi connectivity index (χ3n) is 1.51. The standard InChI is InChI=1S/C7H12O4/c1-5(8)6(9)7(2,10-3)11-4/h1-4H3. The quantitative estimate of drug-likeness (QED) is 0.434. The minimum absolute atomic E-state index is 0.573. The maximum absolute atomic E-state index is 11.0. The Morgan fingerprint density at radius 3 is 1.64 bits per heavy atom. The first kappa shape index (κ1) is 10.3. The Hall–Kier alpha value is -0.740. The van der Waals surface area contributed by atoms with E-state index in [0.29, 0.717) is 0 Å². The van der Waals surface area contributed by atoms with Crippen molar-refractivity contribution in [2.24, 2.45) is 0 Å². The summed E-state index contributed by atoms with van der Waals surface area (Å²) in [4.78, 5) is 21.6. The predicted octanol–water partition coefficient (Wildman–Crippen LogP) is 0.153. The molecule has 0 amide bonds. The summed E-state index contributed by atoms with van der Waals surface area (Å²) in [7, 11) is 2.62. The van der Waals surface area contributed by atoms with Crippen LogP contribution in [0.15, 0.2) is 0 Å². The highest BCUT2D eigenvalue weighted by Gasteiger charge is 2.35. The highest BCUT2D eigenvalue weighted by molar-refractivity contribution is 6.38. The van der Waals surface area contributed by atoms with Crippen molar-refractivity contribution >= 4 is 11.6 Å². The van der Waals surface area contributed by atoms with Crippen LogP contribution in [-0.4, -0.2) is 31.6 Å². The Morgan fingerprint density at radius 2 is 1.55 bits per heavy atom. The molecule has 0 saturated carbocycles. The molecule has 0 bridgehead atoms. The molecule has 0 aromatic heterocycles. The Labute approximate surface area is 65.5 Å². The maximum Gasteiger partial charge on any atom is 0.256 e. The van der Waals surface area contributed by atoms with Gasteiger partial charge in [-0.15, -0.1) is 0 Å². The Morgan fingerprint density at radius 1 is 1.18 bits per heavy atom. The Kier molecular flexibility index (Phi) is 3.35. The molecule has 0 aliphatic heterocycles. The van der Waals surface area contributed by atoms with Gasteiger partial charge in [0.1, 0.15) is 0 Å². The van der Waals surface area contributed by atoms with E-state index < -0.39 is 17.4 Å². The molecule has 0 aliphatic rings. The zero-order valence-electron chi connectivity index (χ0n) is 7.13. The van der Waals surface area contributed by atoms with E-state index >= 15 is 0 Å². The third kappa shape index (κ3) is 2.10. The summed E-state index contributed by atoms with van der Waals surface area (Å²) >= 11 is 0. The van der Waals surface area contributed by atoms with Crippen LogP contribution >= 0.6 is 0 Å². The second kappa shape index (κ2) is 3.59. The minimum Gasteiger partial charge on any atom is -0.347 e. The first-order chi connectivity index (χ1) is 4.98. The van der Waals surface area contributed by atoms with Crippen molar-refractivity contribution in [3.8, 4) is 0 Å². The van der Waals surface area contributed by atoms with Gasteiger partial charge in [-0.1, -0.05) is 0 Å². The fourth-order valence-corrected chi connectivity index (χ4v) is 0.588. The van der Waals surface area contributed by atoms with Gasteiger partial charge in [0, 0.05) is 21.1 Å². The zero-order chi connectivity index (χ0) is 9.07. The van der Waals surface area contributed by atoms with Crippen LogP contribution in [0.5, 0.6) is 0 Å². The van der Waals surface area contributed by atoms with Crippen LogP contribution in [0.1, 0.15) is 13.8 Å². The van der Waals surface area contributed by atoms with Gasteiger partial charge in [-0.2, -0.15) is 0 Å². The summed E-state index contributed by atoms with van der Waals surface area (Å²) in [6.45, 7) is 2.58. The molecule has 4 nitrogen and oxygen atoms in total. The SMILES string of the molecule is COC(C)(OC)C(=O)C(C)=O. The fraction of sp³-hybridized carbons (Fsp3) is 0.714. The molecule has 0 spiro atoms. The number of Topliss-reactive ketones (excluding diaryl/α,β-unsaturated/α-hetero) is 2. The second-order valence-electron chi connectivity index (χ2n) is 2.24. The van der Waals surface area contributed by atoms with Gasteiger partial charge in [0.25, 0.3) is 5.78 Å². The van der Waals surface area contributed by atoms with Gasteiger partial charge < -0.3 is 9.47 Å². The lowest BCUT2D eigenvalue weighted by atomic mass is 10.1. The van der Waals surface area contributed by atoms with Gasteiger partial charge in [0.2, 0.25) is 11.6 Å². The molecule has 0 saturated heterocycles. The lowest BCUT2D eigenvalue weighted by Crippen LogP contribution is -2.42. The fourth-order valence-electron chi connectivity index (χ4n) is 0.588. The Balaban J connectivity index is 4.50. The highest BCUT2D eigenvalue weighted by Crippen LogP contribution is 2.11. The maximum atomic E-state index is 11.0. The van der Waals surface area contributed by atoms with Crippen LogP contribution in [0, 0.1) is 0 Å². The monoisotopic (exact) mass is 160 g/mol. The lowest BCUT2D eigenvalue weighted by Gasteiger charge is -2.22. The first-order valence-corrected chi connectivity index (χ1v) is 3.13. The minimum atomic E-state index is -1.42. The van der Waals surface area contributed by atoms with Crippen molar-refractivity contribution in [1.29, 1.82) is 0 Å². The Bertz CT molecular complexity index is 169. The number of hydrogen-bond donors (Lipinski definition) is 0. The molecule has 0 rings (SSSR count). The molecule has 0 heterocycles. The smallest absolute Gasteiger partial charge is 0.256 e. The summed E-state index contributed by atoms with van der Waals surface area (Å²) in [5.74, 6) is -2.68. The number of ether oxygens (including phenoxy) is 2. The van der Waals surface area contributed by atoms with Crippen molar-refractivity contribution < 1.29 is 19.1 Å². The molecule has 0 aromatic carbocycles. The number of methoxy groups -OCH3 is 2. The normalized spacial score (nSPS) is 11.3. The van der Waals surface area contributed by atoms with E-state index in [0.717, 1.165) is 0 Å². The van der Waals surface area contributed by atoms with E-state index in [4.69, 9.17) is 9.47 Å². The van der Waals surface area contributed by atoms with Gasteiger partial charge in [-0.05, 0) is 6.92 Å². The molecular weight excluding hydrogens is 148 g/mol. The van der Waals surface area contributed by atoms with Crippen molar-refractivity contribution in [2.75, 3.05) is 14.2 Å². The number of hydrogen-bond acceptors (Lipinski definition) is 4. The van der Waals surface area contributed by atoms with Crippen molar-refractivity contribution in [1.82, 2.24) is 0 Å². The van der Waals surface area contributed by atoms with E-state index in [-0.39, 0.29) is 0 Å². The van der Waals surface area contributed by atoms with E-state index in [2.05, 4.69) is 0 Å². The molecule has 64 valence electrons. The van der Waals surface area contributed by atoms with Crippen LogP contribution in [0.25, 0.3) is 0 Å². The van der Waals surface area contributed by atoms with Crippen LogP contribution in [0.4, 0.5) is 0 Å². The average Bonchev–Trinajstić information content (AvgIpc) is 2.01. The molecule has 0 radical (unpaired) electrons. The molecule has 0 fully saturated rings. The average molecular weight is 160 g/mol. The van der Waals surface area contributed by atoms with Gasteiger partial charge >= 0.3 is 0 Å². The number of carbonyl (C=O) groups excluding carboxylic acids is 2. The van der Waals surface area contributed by atoms with Gasteiger partial charge in [0.15, 0.2) is 0 Å². The molecule has 0 unspecified atom stereocenters. The summed E-state index contributed by atoms with van der Waals surface area (Å²) in [6.07, 6.45) is 0. The summed E-state index contributed by atoms with van der Waals surface area (Å²) in [5.41, 5.74) is 0. The van der Waals surface area contributed by atoms with Gasteiger partial charge in [0.05, 0.1) is 0 Å². The number of rotatable bonds is 4. The first-order valence-electron chi connectivity index (χ1n) is 3.13. The summed E-state index contributed by atoms with van der Waals surface area (Å²) < 4.78 is 9.43. The molecule has 0 atom stereocenters. The molecular formula is C7H12O4. The largest absolute Gasteiger partial charge is 0.347 e. The molecule has 0 aliphatic carbocycles. The van der Waals surface area contributed by atoms with E-state index in [1.807, 2.05) is 0 Å². The zero-order valence-corrected chi connectivity index (χ0v) is 7.13. The number of carbonyl (C=O) groups is 2. The van der Waals surface area contributed by atoms with Crippen LogP contribution in [-0.2, 0) is 19.1 Å². The molecule has 11 heavy (non-hydrogen) atoms. The molecule has 0 aromatic rings. The highest BCUT2D eigenvalue weighted by atomic mass is 16.7. The summed E-state index contributed by atoms with van der Waals surface area (Å²) in [5, 5.41) is 0. The summed E-state index contributed by atoms with van der Waals surface area (Å²) in [6, 6.07) is 0.